The van der Waals surface area contributed by atoms with Gasteiger partial charge in [-0.25, -0.2) is 0 Å². The predicted molar refractivity (Wildman–Crippen MR) is 114 cm³/mol. The van der Waals surface area contributed by atoms with Crippen molar-refractivity contribution in [2.75, 3.05) is 37.7 Å². The molecule has 1 aliphatic rings. The van der Waals surface area contributed by atoms with Gasteiger partial charge < -0.3 is 19.5 Å². The summed E-state index contributed by atoms with van der Waals surface area (Å²) in [6.07, 6.45) is 0. The molecule has 0 saturated carbocycles. The quantitative estimate of drug-likeness (QED) is 0.828. The van der Waals surface area contributed by atoms with Crippen LogP contribution in [0.3, 0.4) is 0 Å². The van der Waals surface area contributed by atoms with E-state index in [-0.39, 0.29) is 5.91 Å². The average Bonchev–Trinajstić information content (AvgIpc) is 2.90. The number of rotatable bonds is 6. The highest BCUT2D eigenvalue weighted by Crippen LogP contribution is 2.32. The molecule has 1 aromatic heterocycles. The van der Waals surface area contributed by atoms with E-state index in [1.54, 1.807) is 0 Å². The molecule has 0 unspecified atom stereocenters. The van der Waals surface area contributed by atoms with Gasteiger partial charge in [-0.1, -0.05) is 43.7 Å². The number of ether oxygens (including phenoxy) is 1. The number of aryl methyl sites for hydroxylation is 1. The smallest absolute Gasteiger partial charge is 0.268 e. The zero-order valence-corrected chi connectivity index (χ0v) is 17.8. The van der Waals surface area contributed by atoms with Gasteiger partial charge in [0.15, 0.2) is 0 Å². The largest absolute Gasteiger partial charge is 0.378 e. The molecule has 1 aliphatic heterocycles. The molecule has 1 N–H and O–H groups in total. The Morgan fingerprint density at radius 2 is 1.89 bits per heavy atom. The molecule has 3 rings (SSSR count). The molecule has 0 atom stereocenters. The van der Waals surface area contributed by atoms with E-state index < -0.39 is 0 Å². The van der Waals surface area contributed by atoms with Crippen LogP contribution in [0.25, 0.3) is 0 Å². The van der Waals surface area contributed by atoms with Crippen LogP contribution in [0.15, 0.2) is 24.3 Å². The van der Waals surface area contributed by atoms with Crippen LogP contribution in [0.4, 0.5) is 5.69 Å². The molecule has 5 heteroatoms. The van der Waals surface area contributed by atoms with Crippen molar-refractivity contribution < 1.29 is 9.53 Å². The van der Waals surface area contributed by atoms with Crippen LogP contribution in [0.1, 0.15) is 46.7 Å². The summed E-state index contributed by atoms with van der Waals surface area (Å²) in [6.45, 7) is 15.1. The minimum atomic E-state index is 0.0152. The second kappa shape index (κ2) is 8.82. The highest BCUT2D eigenvalue weighted by molar-refractivity contribution is 5.96. The number of hydrogen-bond acceptors (Lipinski definition) is 3. The summed E-state index contributed by atoms with van der Waals surface area (Å²) in [5, 5.41) is 3.12. The lowest BCUT2D eigenvalue weighted by Crippen LogP contribution is -2.36. The number of nitrogens with zero attached hydrogens (tertiary/aromatic N) is 2. The topological polar surface area (TPSA) is 46.5 Å². The molecule has 152 valence electrons. The average molecular weight is 384 g/mol. The number of benzene rings is 1. The summed E-state index contributed by atoms with van der Waals surface area (Å²) >= 11 is 0. The molecule has 2 aromatic rings. The number of nitrogens with one attached hydrogen (secondary N) is 1. The molecule has 0 bridgehead atoms. The van der Waals surface area contributed by atoms with Gasteiger partial charge in [-0.3, -0.25) is 4.79 Å². The van der Waals surface area contributed by atoms with E-state index in [1.165, 1.54) is 16.8 Å². The Balaban J connectivity index is 2.02. The van der Waals surface area contributed by atoms with Crippen molar-refractivity contribution in [1.82, 2.24) is 9.88 Å². The third kappa shape index (κ3) is 4.41. The molecule has 5 nitrogen and oxygen atoms in total. The fourth-order valence-corrected chi connectivity index (χ4v) is 4.00. The van der Waals surface area contributed by atoms with E-state index in [1.807, 2.05) is 0 Å². The highest BCUT2D eigenvalue weighted by atomic mass is 16.5. The number of carbonyl (C=O) groups excluding carboxylic acids is 1. The van der Waals surface area contributed by atoms with Crippen LogP contribution in [0, 0.1) is 26.7 Å². The van der Waals surface area contributed by atoms with Gasteiger partial charge >= 0.3 is 0 Å². The lowest BCUT2D eigenvalue weighted by molar-refractivity contribution is 0.0939. The van der Waals surface area contributed by atoms with E-state index >= 15 is 0 Å². The first-order valence-electron chi connectivity index (χ1n) is 10.2. The van der Waals surface area contributed by atoms with Gasteiger partial charge in [0, 0.05) is 37.4 Å². The van der Waals surface area contributed by atoms with Gasteiger partial charge in [0.25, 0.3) is 5.91 Å². The van der Waals surface area contributed by atoms with Crippen molar-refractivity contribution in [3.63, 3.8) is 0 Å². The highest BCUT2D eigenvalue weighted by Gasteiger charge is 2.26. The van der Waals surface area contributed by atoms with Crippen LogP contribution in [0.2, 0.25) is 0 Å². The van der Waals surface area contributed by atoms with Gasteiger partial charge in [-0.05, 0) is 32.3 Å². The Kier molecular flexibility index (Phi) is 6.45. The molecule has 1 amide bonds. The molecule has 2 heterocycles. The molecule has 1 saturated heterocycles. The SMILES string of the molecule is Cc1cccc(Cn2c(C)c(N3CCOCC3)c(C)c2C(=O)NCC(C)C)c1. The number of carbonyl (C=O) groups is 1. The second-order valence-electron chi connectivity index (χ2n) is 8.19. The summed E-state index contributed by atoms with van der Waals surface area (Å²) in [5.41, 5.74) is 6.62. The maximum Gasteiger partial charge on any atom is 0.268 e. The minimum Gasteiger partial charge on any atom is -0.378 e. The molecule has 28 heavy (non-hydrogen) atoms. The monoisotopic (exact) mass is 383 g/mol. The Morgan fingerprint density at radius 1 is 1.18 bits per heavy atom. The number of anilines is 1. The molecule has 1 aromatic carbocycles. The maximum atomic E-state index is 13.1. The predicted octanol–water partition coefficient (Wildman–Crippen LogP) is 3.68. The summed E-state index contributed by atoms with van der Waals surface area (Å²) in [4.78, 5) is 15.5. The number of amides is 1. The van der Waals surface area contributed by atoms with E-state index in [2.05, 4.69) is 73.7 Å². The van der Waals surface area contributed by atoms with Crippen molar-refractivity contribution in [2.24, 2.45) is 5.92 Å². The van der Waals surface area contributed by atoms with Gasteiger partial charge in [0.1, 0.15) is 5.69 Å². The van der Waals surface area contributed by atoms with Gasteiger partial charge in [-0.2, -0.15) is 0 Å². The fourth-order valence-electron chi connectivity index (χ4n) is 4.00. The number of morpholine rings is 1. The summed E-state index contributed by atoms with van der Waals surface area (Å²) in [6, 6.07) is 8.51. The van der Waals surface area contributed by atoms with Crippen molar-refractivity contribution >= 4 is 11.6 Å². The lowest BCUT2D eigenvalue weighted by atomic mass is 10.1. The molecular weight excluding hydrogens is 350 g/mol. The second-order valence-corrected chi connectivity index (χ2v) is 8.19. The first kappa shape index (κ1) is 20.5. The van der Waals surface area contributed by atoms with Crippen LogP contribution in [-0.2, 0) is 11.3 Å². The van der Waals surface area contributed by atoms with Crippen molar-refractivity contribution in [3.05, 3.63) is 52.3 Å². The maximum absolute atomic E-state index is 13.1. The van der Waals surface area contributed by atoms with E-state index in [9.17, 15) is 4.79 Å². The van der Waals surface area contributed by atoms with Crippen molar-refractivity contribution in [3.8, 4) is 0 Å². The van der Waals surface area contributed by atoms with Crippen LogP contribution in [-0.4, -0.2) is 43.3 Å². The van der Waals surface area contributed by atoms with Crippen LogP contribution >= 0.6 is 0 Å². The Hall–Kier alpha value is -2.27. The van der Waals surface area contributed by atoms with E-state index in [4.69, 9.17) is 4.74 Å². The Morgan fingerprint density at radius 3 is 2.54 bits per heavy atom. The van der Waals surface area contributed by atoms with Crippen LogP contribution in [0.5, 0.6) is 0 Å². The van der Waals surface area contributed by atoms with Crippen LogP contribution < -0.4 is 10.2 Å². The van der Waals surface area contributed by atoms with Gasteiger partial charge in [0.05, 0.1) is 18.9 Å². The molecular formula is C23H33N3O2. The standard InChI is InChI=1S/C23H33N3O2/c1-16(2)14-24-23(27)22-18(4)21(25-9-11-28-12-10-25)19(5)26(22)15-20-8-6-7-17(3)13-20/h6-8,13,16H,9-12,14-15H2,1-5H3,(H,24,27). The molecule has 1 fully saturated rings. The number of aromatic nitrogens is 1. The third-order valence-corrected chi connectivity index (χ3v) is 5.36. The van der Waals surface area contributed by atoms with Gasteiger partial charge in [0.2, 0.25) is 0 Å². The molecule has 0 spiro atoms. The number of hydrogen-bond donors (Lipinski definition) is 1. The van der Waals surface area contributed by atoms with E-state index in [0.717, 1.165) is 43.3 Å². The first-order chi connectivity index (χ1) is 13.4. The molecule has 0 radical (unpaired) electrons. The summed E-state index contributed by atoms with van der Waals surface area (Å²) in [7, 11) is 0. The van der Waals surface area contributed by atoms with Gasteiger partial charge in [-0.15, -0.1) is 0 Å². The van der Waals surface area contributed by atoms with E-state index in [0.29, 0.717) is 19.0 Å². The molecule has 0 aliphatic carbocycles. The zero-order valence-electron chi connectivity index (χ0n) is 17.8. The first-order valence-corrected chi connectivity index (χ1v) is 10.2. The Labute approximate surface area is 168 Å². The van der Waals surface area contributed by atoms with Crippen molar-refractivity contribution in [2.45, 2.75) is 41.2 Å². The summed E-state index contributed by atoms with van der Waals surface area (Å²) < 4.78 is 7.72. The Bertz CT molecular complexity index is 833. The summed E-state index contributed by atoms with van der Waals surface area (Å²) in [5.74, 6) is 0.436. The third-order valence-electron chi connectivity index (χ3n) is 5.36. The normalized spacial score (nSPS) is 14.6. The van der Waals surface area contributed by atoms with Crippen molar-refractivity contribution in [1.29, 1.82) is 0 Å². The minimum absolute atomic E-state index is 0.0152. The zero-order chi connectivity index (χ0) is 20.3. The lowest BCUT2D eigenvalue weighted by Gasteiger charge is -2.29. The fraction of sp³-hybridized carbons (Fsp3) is 0.522.